The monoisotopic (exact) mass is 564 g/mol. The fourth-order valence-corrected chi connectivity index (χ4v) is 18.5. The van der Waals surface area contributed by atoms with Crippen molar-refractivity contribution in [2.45, 2.75) is 64.8 Å². The van der Waals surface area contributed by atoms with Crippen molar-refractivity contribution in [3.63, 3.8) is 0 Å². The fraction of sp³-hybridized carbons (Fsp3) is 0.333. The van der Waals surface area contributed by atoms with Crippen LogP contribution in [0, 0.1) is 0 Å². The van der Waals surface area contributed by atoms with Crippen molar-refractivity contribution in [2.24, 2.45) is 0 Å². The molecule has 3 aromatic rings. The van der Waals surface area contributed by atoms with Crippen molar-refractivity contribution >= 4 is 37.4 Å². The van der Waals surface area contributed by atoms with Gasteiger partial charge in [-0.15, -0.1) is 0 Å². The Kier molecular flexibility index (Phi) is 9.20. The van der Waals surface area contributed by atoms with Crippen LogP contribution in [0.4, 0.5) is 0 Å². The Labute approximate surface area is 206 Å². The van der Waals surface area contributed by atoms with Crippen LogP contribution in [0.1, 0.15) is 39.5 Å². The molecule has 1 nitrogen and oxygen atoms in total. The first-order chi connectivity index (χ1) is 15.8. The number of benzene rings is 3. The van der Waals surface area contributed by atoms with Gasteiger partial charge in [-0.2, -0.15) is 0 Å². The molecule has 0 aromatic heterocycles. The molecule has 0 fully saturated rings. The van der Waals surface area contributed by atoms with Crippen LogP contribution in [-0.2, 0) is 4.43 Å². The fourth-order valence-electron chi connectivity index (χ4n) is 4.86. The van der Waals surface area contributed by atoms with Gasteiger partial charge in [-0.25, -0.2) is 0 Å². The summed E-state index contributed by atoms with van der Waals surface area (Å²) in [6.07, 6.45) is 6.96. The summed E-state index contributed by atoms with van der Waals surface area (Å²) >= 11 is -3.35. The Morgan fingerprint density at radius 3 is 1.55 bits per heavy atom. The van der Waals surface area contributed by atoms with Gasteiger partial charge >= 0.3 is 208 Å². The van der Waals surface area contributed by atoms with Crippen LogP contribution in [0.25, 0.3) is 0 Å². The maximum absolute atomic E-state index is 6.77. The molecule has 1 atom stereocenters. The Balaban J connectivity index is 2.11. The van der Waals surface area contributed by atoms with Crippen molar-refractivity contribution in [3.8, 4) is 0 Å². The summed E-state index contributed by atoms with van der Waals surface area (Å²) in [5, 5.41) is 0. The summed E-state index contributed by atoms with van der Waals surface area (Å²) in [4.78, 5) is 0. The van der Waals surface area contributed by atoms with Crippen LogP contribution in [0.15, 0.2) is 101 Å². The summed E-state index contributed by atoms with van der Waals surface area (Å²) in [6, 6.07) is 33.6. The molecule has 0 spiro atoms. The Morgan fingerprint density at radius 2 is 1.18 bits per heavy atom. The molecule has 0 heterocycles. The quantitative estimate of drug-likeness (QED) is 0.244. The first-order valence-corrected chi connectivity index (χ1v) is 21.7. The minimum atomic E-state index is -3.35. The molecule has 0 radical (unpaired) electrons. The van der Waals surface area contributed by atoms with Crippen LogP contribution in [0.3, 0.4) is 0 Å². The number of hydrogen-bond donors (Lipinski definition) is 0. The average Bonchev–Trinajstić information content (AvgIpc) is 2.81. The first kappa shape index (κ1) is 26.0. The summed E-state index contributed by atoms with van der Waals surface area (Å²) in [7, 11) is -1.65. The third-order valence-electron chi connectivity index (χ3n) is 6.22. The van der Waals surface area contributed by atoms with E-state index < -0.39 is 26.7 Å². The molecule has 0 amide bonds. The molecule has 3 heteroatoms. The van der Waals surface area contributed by atoms with Gasteiger partial charge in [0, 0.05) is 0 Å². The molecule has 3 aromatic carbocycles. The molecule has 0 aliphatic rings. The zero-order valence-corrected chi connectivity index (χ0v) is 24.9. The third-order valence-corrected chi connectivity index (χ3v) is 20.1. The van der Waals surface area contributed by atoms with Gasteiger partial charge in [0.15, 0.2) is 0 Å². The van der Waals surface area contributed by atoms with E-state index in [2.05, 4.69) is 135 Å². The standard InChI is InChI=1S/C12H25OSi.3C6H5.Sn/c1-7-9-11-12(3,10-8-2)13-14(4,5)6;3*1-2-4-6-5-3-1;/h2,8H,7,9-11H2,1,3-6H3;3*1-5H;. The van der Waals surface area contributed by atoms with E-state index in [-0.39, 0.29) is 5.60 Å². The molecule has 0 bridgehead atoms. The second kappa shape index (κ2) is 11.7. The van der Waals surface area contributed by atoms with Gasteiger partial charge in [0.1, 0.15) is 0 Å². The van der Waals surface area contributed by atoms with Crippen molar-refractivity contribution in [1.29, 1.82) is 0 Å². The van der Waals surface area contributed by atoms with Gasteiger partial charge in [0.25, 0.3) is 0 Å². The van der Waals surface area contributed by atoms with Crippen LogP contribution in [0.5, 0.6) is 0 Å². The van der Waals surface area contributed by atoms with Crippen molar-refractivity contribution in [3.05, 3.63) is 101 Å². The average molecular weight is 563 g/mol. The van der Waals surface area contributed by atoms with Crippen LogP contribution in [0.2, 0.25) is 19.6 Å². The van der Waals surface area contributed by atoms with Gasteiger partial charge in [0.2, 0.25) is 0 Å². The normalized spacial score (nSPS) is 14.3. The molecule has 1 unspecified atom stereocenters. The molecule has 0 N–H and O–H groups in total. The topological polar surface area (TPSA) is 9.23 Å². The van der Waals surface area contributed by atoms with Crippen molar-refractivity contribution < 1.29 is 4.43 Å². The van der Waals surface area contributed by atoms with E-state index in [1.807, 2.05) is 0 Å². The SMILES string of the molecule is CCCCC(C)(C/C=[CH]/[Sn]([c]1ccccc1)([c]1ccccc1)[c]1ccccc1)O[Si](C)(C)C. The predicted molar refractivity (Wildman–Crippen MR) is 150 cm³/mol. The molecule has 174 valence electrons. The minimum absolute atomic E-state index is 0.0986. The molecule has 3 rings (SSSR count). The van der Waals surface area contributed by atoms with Crippen molar-refractivity contribution in [1.82, 2.24) is 0 Å². The third kappa shape index (κ3) is 6.94. The van der Waals surface area contributed by atoms with E-state index in [1.54, 1.807) is 0 Å². The predicted octanol–water partition coefficient (Wildman–Crippen LogP) is 6.44. The Morgan fingerprint density at radius 1 is 0.758 bits per heavy atom. The molecule has 33 heavy (non-hydrogen) atoms. The summed E-state index contributed by atoms with van der Waals surface area (Å²) in [5.41, 5.74) is -0.0986. The second-order valence-electron chi connectivity index (χ2n) is 10.3. The molecular formula is C30H40OSiSn. The van der Waals surface area contributed by atoms with E-state index in [9.17, 15) is 0 Å². The van der Waals surface area contributed by atoms with Gasteiger partial charge in [0.05, 0.1) is 0 Å². The number of rotatable bonds is 11. The van der Waals surface area contributed by atoms with Crippen LogP contribution in [-0.4, -0.2) is 32.3 Å². The Bertz CT molecular complexity index is 899. The van der Waals surface area contributed by atoms with Crippen LogP contribution < -0.4 is 10.7 Å². The molecular weight excluding hydrogens is 523 g/mol. The van der Waals surface area contributed by atoms with Gasteiger partial charge in [-0.3, -0.25) is 0 Å². The first-order valence-electron chi connectivity index (χ1n) is 12.3. The maximum atomic E-state index is 6.77. The van der Waals surface area contributed by atoms with E-state index in [0.29, 0.717) is 0 Å². The van der Waals surface area contributed by atoms with Crippen LogP contribution >= 0.6 is 0 Å². The summed E-state index contributed by atoms with van der Waals surface area (Å²) in [6.45, 7) is 11.5. The molecule has 0 saturated heterocycles. The number of hydrogen-bond acceptors (Lipinski definition) is 1. The van der Waals surface area contributed by atoms with Crippen molar-refractivity contribution in [2.75, 3.05) is 0 Å². The van der Waals surface area contributed by atoms with E-state index in [1.165, 1.54) is 23.6 Å². The molecule has 0 saturated carbocycles. The molecule has 0 aliphatic carbocycles. The summed E-state index contributed by atoms with van der Waals surface area (Å²) in [5.74, 6) is 0. The zero-order chi connectivity index (χ0) is 23.8. The van der Waals surface area contributed by atoms with E-state index in [0.717, 1.165) is 12.8 Å². The second-order valence-corrected chi connectivity index (χ2v) is 25.2. The van der Waals surface area contributed by atoms with Gasteiger partial charge in [-0.05, 0) is 0 Å². The number of unbranched alkanes of at least 4 members (excludes halogenated alkanes) is 1. The zero-order valence-electron chi connectivity index (χ0n) is 21.1. The molecule has 0 aliphatic heterocycles. The van der Waals surface area contributed by atoms with E-state index >= 15 is 0 Å². The van der Waals surface area contributed by atoms with Gasteiger partial charge < -0.3 is 0 Å². The van der Waals surface area contributed by atoms with Gasteiger partial charge in [-0.1, -0.05) is 0 Å². The van der Waals surface area contributed by atoms with E-state index in [4.69, 9.17) is 4.43 Å². The Hall–Kier alpha value is -1.62. The summed E-state index contributed by atoms with van der Waals surface area (Å²) < 4.78 is 13.9.